The molecule has 25 heavy (non-hydrogen) atoms. The molecule has 0 saturated heterocycles. The molecule has 0 aliphatic heterocycles. The zero-order valence-corrected chi connectivity index (χ0v) is 14.2. The van der Waals surface area contributed by atoms with Gasteiger partial charge in [0.25, 0.3) is 0 Å². The first kappa shape index (κ1) is 16.9. The largest absolute Gasteiger partial charge is 0.369 e. The Morgan fingerprint density at radius 3 is 2.12 bits per heavy atom. The summed E-state index contributed by atoms with van der Waals surface area (Å²) in [5.41, 5.74) is 2.64. The molecular weight excluding hydrogens is 310 g/mol. The highest BCUT2D eigenvalue weighted by Crippen LogP contribution is 2.06. The second-order valence-corrected chi connectivity index (χ2v) is 5.84. The zero-order valence-electron chi connectivity index (χ0n) is 14.2. The van der Waals surface area contributed by atoms with Gasteiger partial charge in [-0.15, -0.1) is 5.10 Å². The molecule has 0 unspecified atom stereocenters. The molecule has 2 N–H and O–H groups in total. The van der Waals surface area contributed by atoms with Crippen molar-refractivity contribution in [1.29, 1.82) is 0 Å². The fourth-order valence-corrected chi connectivity index (χ4v) is 2.58. The predicted octanol–water partition coefficient (Wildman–Crippen LogP) is 3.57. The molecule has 0 spiro atoms. The number of rotatable bonds is 9. The average Bonchev–Trinajstić information content (AvgIpc) is 2.67. The maximum atomic E-state index is 4.45. The normalized spacial score (nSPS) is 10.4. The second kappa shape index (κ2) is 9.37. The summed E-state index contributed by atoms with van der Waals surface area (Å²) >= 11 is 0. The standard InChI is InChI=1S/C20H23N5/c1-3-8-17(9-4-1)12-7-14-21-19-16-23-25-20(24-19)22-15-13-18-10-5-2-6-11-18/h1-6,8-11,16H,7,12-15H2,(H2,21,22,24,25). The summed E-state index contributed by atoms with van der Waals surface area (Å²) in [6, 6.07) is 20.9. The zero-order chi connectivity index (χ0) is 17.2. The van der Waals surface area contributed by atoms with Crippen LogP contribution in [0, 0.1) is 0 Å². The van der Waals surface area contributed by atoms with E-state index in [9.17, 15) is 0 Å². The first-order chi connectivity index (χ1) is 12.4. The summed E-state index contributed by atoms with van der Waals surface area (Å²) in [5.74, 6) is 1.31. The van der Waals surface area contributed by atoms with Crippen molar-refractivity contribution >= 4 is 11.8 Å². The first-order valence-electron chi connectivity index (χ1n) is 8.65. The lowest BCUT2D eigenvalue weighted by atomic mass is 10.1. The number of anilines is 2. The summed E-state index contributed by atoms with van der Waals surface area (Å²) in [6.07, 6.45) is 4.68. The SMILES string of the molecule is c1ccc(CCCNc2cnnc(NCCc3ccccc3)n2)cc1. The molecule has 0 radical (unpaired) electrons. The van der Waals surface area contributed by atoms with Crippen LogP contribution in [0.15, 0.2) is 66.9 Å². The average molecular weight is 333 g/mol. The molecule has 5 nitrogen and oxygen atoms in total. The molecule has 0 amide bonds. The Morgan fingerprint density at radius 1 is 0.720 bits per heavy atom. The first-order valence-corrected chi connectivity index (χ1v) is 8.65. The highest BCUT2D eigenvalue weighted by Gasteiger charge is 2.00. The van der Waals surface area contributed by atoms with Gasteiger partial charge in [0.2, 0.25) is 5.95 Å². The van der Waals surface area contributed by atoms with Crippen LogP contribution in [-0.4, -0.2) is 28.3 Å². The monoisotopic (exact) mass is 333 g/mol. The van der Waals surface area contributed by atoms with Crippen molar-refractivity contribution in [3.05, 3.63) is 78.0 Å². The molecule has 2 aromatic carbocycles. The van der Waals surface area contributed by atoms with E-state index in [1.54, 1.807) is 6.20 Å². The topological polar surface area (TPSA) is 62.7 Å². The number of benzene rings is 2. The molecule has 1 heterocycles. The van der Waals surface area contributed by atoms with Gasteiger partial charge in [0.05, 0.1) is 6.20 Å². The fourth-order valence-electron chi connectivity index (χ4n) is 2.58. The molecule has 0 atom stereocenters. The molecule has 0 fully saturated rings. The van der Waals surface area contributed by atoms with E-state index < -0.39 is 0 Å². The summed E-state index contributed by atoms with van der Waals surface area (Å²) in [7, 11) is 0. The van der Waals surface area contributed by atoms with Gasteiger partial charge in [0, 0.05) is 13.1 Å². The van der Waals surface area contributed by atoms with E-state index in [1.807, 2.05) is 24.3 Å². The Balaban J connectivity index is 1.40. The molecule has 3 aromatic rings. The maximum absolute atomic E-state index is 4.45. The van der Waals surface area contributed by atoms with Crippen LogP contribution in [0.1, 0.15) is 17.5 Å². The van der Waals surface area contributed by atoms with Crippen LogP contribution in [0.4, 0.5) is 11.8 Å². The molecular formula is C20H23N5. The Labute approximate surface area is 148 Å². The van der Waals surface area contributed by atoms with Crippen LogP contribution in [0.5, 0.6) is 0 Å². The number of nitrogens with zero attached hydrogens (tertiary/aromatic N) is 3. The minimum Gasteiger partial charge on any atom is -0.369 e. The molecule has 128 valence electrons. The Morgan fingerprint density at radius 2 is 1.40 bits per heavy atom. The summed E-state index contributed by atoms with van der Waals surface area (Å²) in [4.78, 5) is 4.45. The van der Waals surface area contributed by atoms with Gasteiger partial charge < -0.3 is 10.6 Å². The van der Waals surface area contributed by atoms with Gasteiger partial charge in [-0.3, -0.25) is 0 Å². The number of aromatic nitrogens is 3. The van der Waals surface area contributed by atoms with E-state index in [1.165, 1.54) is 11.1 Å². The van der Waals surface area contributed by atoms with E-state index in [0.717, 1.165) is 38.2 Å². The van der Waals surface area contributed by atoms with Crippen molar-refractivity contribution in [1.82, 2.24) is 15.2 Å². The van der Waals surface area contributed by atoms with E-state index in [2.05, 4.69) is 62.2 Å². The molecule has 0 saturated carbocycles. The second-order valence-electron chi connectivity index (χ2n) is 5.84. The van der Waals surface area contributed by atoms with Crippen molar-refractivity contribution in [2.45, 2.75) is 19.3 Å². The minimum absolute atomic E-state index is 0.559. The van der Waals surface area contributed by atoms with Gasteiger partial charge in [-0.05, 0) is 30.4 Å². The number of aryl methyl sites for hydroxylation is 1. The van der Waals surface area contributed by atoms with E-state index in [-0.39, 0.29) is 0 Å². The molecule has 0 bridgehead atoms. The Kier molecular flexibility index (Phi) is 6.33. The quantitative estimate of drug-likeness (QED) is 0.586. The Bertz CT molecular complexity index is 746. The molecule has 0 aliphatic rings. The minimum atomic E-state index is 0.559. The van der Waals surface area contributed by atoms with Crippen molar-refractivity contribution in [3.8, 4) is 0 Å². The van der Waals surface area contributed by atoms with Crippen molar-refractivity contribution < 1.29 is 0 Å². The third kappa shape index (κ3) is 5.88. The fraction of sp³-hybridized carbons (Fsp3) is 0.250. The van der Waals surface area contributed by atoms with Crippen LogP contribution in [0.2, 0.25) is 0 Å². The lowest BCUT2D eigenvalue weighted by Crippen LogP contribution is -2.11. The van der Waals surface area contributed by atoms with E-state index in [0.29, 0.717) is 5.95 Å². The smallest absolute Gasteiger partial charge is 0.244 e. The molecule has 0 aliphatic carbocycles. The summed E-state index contributed by atoms with van der Waals surface area (Å²) in [5, 5.41) is 14.6. The Hall–Kier alpha value is -2.95. The van der Waals surface area contributed by atoms with Gasteiger partial charge in [0.15, 0.2) is 0 Å². The maximum Gasteiger partial charge on any atom is 0.244 e. The highest BCUT2D eigenvalue weighted by atomic mass is 15.3. The van der Waals surface area contributed by atoms with Gasteiger partial charge in [-0.1, -0.05) is 60.7 Å². The predicted molar refractivity (Wildman–Crippen MR) is 102 cm³/mol. The lowest BCUT2D eigenvalue weighted by molar-refractivity contribution is 0.851. The third-order valence-corrected chi connectivity index (χ3v) is 3.89. The third-order valence-electron chi connectivity index (χ3n) is 3.89. The van der Waals surface area contributed by atoms with Crippen molar-refractivity contribution in [2.75, 3.05) is 23.7 Å². The molecule has 5 heteroatoms. The number of nitrogens with one attached hydrogen (secondary N) is 2. The van der Waals surface area contributed by atoms with E-state index in [4.69, 9.17) is 0 Å². The molecule has 1 aromatic heterocycles. The van der Waals surface area contributed by atoms with Gasteiger partial charge in [-0.25, -0.2) is 0 Å². The van der Waals surface area contributed by atoms with Gasteiger partial charge in [-0.2, -0.15) is 10.1 Å². The number of hydrogen-bond donors (Lipinski definition) is 2. The van der Waals surface area contributed by atoms with Gasteiger partial charge >= 0.3 is 0 Å². The van der Waals surface area contributed by atoms with Crippen molar-refractivity contribution in [3.63, 3.8) is 0 Å². The van der Waals surface area contributed by atoms with E-state index >= 15 is 0 Å². The number of hydrogen-bond acceptors (Lipinski definition) is 5. The lowest BCUT2D eigenvalue weighted by Gasteiger charge is -2.08. The molecule has 3 rings (SSSR count). The highest BCUT2D eigenvalue weighted by molar-refractivity contribution is 5.37. The van der Waals surface area contributed by atoms with Gasteiger partial charge in [0.1, 0.15) is 5.82 Å². The van der Waals surface area contributed by atoms with Crippen LogP contribution >= 0.6 is 0 Å². The van der Waals surface area contributed by atoms with Crippen LogP contribution < -0.4 is 10.6 Å². The van der Waals surface area contributed by atoms with Crippen LogP contribution in [0.25, 0.3) is 0 Å². The van der Waals surface area contributed by atoms with Crippen molar-refractivity contribution in [2.24, 2.45) is 0 Å². The summed E-state index contributed by atoms with van der Waals surface area (Å²) < 4.78 is 0. The van der Waals surface area contributed by atoms with Crippen LogP contribution in [-0.2, 0) is 12.8 Å². The van der Waals surface area contributed by atoms with Crippen LogP contribution in [0.3, 0.4) is 0 Å². The summed E-state index contributed by atoms with van der Waals surface area (Å²) in [6.45, 7) is 1.64.